The van der Waals surface area contributed by atoms with E-state index in [1.165, 1.54) is 4.88 Å². The van der Waals surface area contributed by atoms with E-state index < -0.39 is 0 Å². The topological polar surface area (TPSA) is 67.8 Å². The molecule has 0 amide bonds. The number of methoxy groups -OCH3 is 1. The zero-order chi connectivity index (χ0) is 17.0. The van der Waals surface area contributed by atoms with Crippen molar-refractivity contribution in [2.24, 2.45) is 4.99 Å². The maximum atomic E-state index is 5.64. The molecule has 25 heavy (non-hydrogen) atoms. The van der Waals surface area contributed by atoms with E-state index in [-0.39, 0.29) is 24.0 Å². The van der Waals surface area contributed by atoms with Crippen molar-refractivity contribution in [1.29, 1.82) is 0 Å². The molecule has 2 aromatic heterocycles. The molecule has 0 aliphatic rings. The van der Waals surface area contributed by atoms with Gasteiger partial charge in [-0.25, -0.2) is 9.98 Å². The molecule has 8 heteroatoms. The number of guanidine groups is 1. The van der Waals surface area contributed by atoms with Crippen LogP contribution in [0.4, 0.5) is 0 Å². The SMILES string of the molecule is CCNC(=NCc1cccnc1OCCOC)NCc1cccs1.I. The lowest BCUT2D eigenvalue weighted by molar-refractivity contribution is 0.143. The van der Waals surface area contributed by atoms with Crippen LogP contribution < -0.4 is 15.4 Å². The molecule has 0 saturated heterocycles. The maximum absolute atomic E-state index is 5.64. The standard InChI is InChI=1S/C17H24N4O2S.HI/c1-3-18-17(21-13-15-7-5-11-24-15)20-12-14-6-4-8-19-16(14)23-10-9-22-2;/h4-8,11H,3,9-10,12-13H2,1-2H3,(H2,18,20,21);1H. The summed E-state index contributed by atoms with van der Waals surface area (Å²) in [6.07, 6.45) is 1.72. The Morgan fingerprint density at radius 3 is 2.84 bits per heavy atom. The van der Waals surface area contributed by atoms with E-state index >= 15 is 0 Å². The van der Waals surface area contributed by atoms with Gasteiger partial charge in [0.05, 0.1) is 19.7 Å². The third-order valence-electron chi connectivity index (χ3n) is 3.14. The highest BCUT2D eigenvalue weighted by molar-refractivity contribution is 14.0. The summed E-state index contributed by atoms with van der Waals surface area (Å²) in [7, 11) is 1.65. The number of aliphatic imine (C=N–C) groups is 1. The Bertz CT molecular complexity index is 623. The Morgan fingerprint density at radius 2 is 2.12 bits per heavy atom. The summed E-state index contributed by atoms with van der Waals surface area (Å²) in [5, 5.41) is 8.65. The van der Waals surface area contributed by atoms with Crippen LogP contribution in [0.15, 0.2) is 40.8 Å². The van der Waals surface area contributed by atoms with Crippen LogP contribution in [-0.2, 0) is 17.8 Å². The highest BCUT2D eigenvalue weighted by Crippen LogP contribution is 2.15. The molecule has 138 valence electrons. The number of aromatic nitrogens is 1. The van der Waals surface area contributed by atoms with Gasteiger partial charge in [-0.15, -0.1) is 35.3 Å². The molecular formula is C17H25IN4O2S. The summed E-state index contributed by atoms with van der Waals surface area (Å²) in [5.41, 5.74) is 0.946. The quantitative estimate of drug-likeness (QED) is 0.252. The predicted molar refractivity (Wildman–Crippen MR) is 113 cm³/mol. The fraction of sp³-hybridized carbons (Fsp3) is 0.412. The van der Waals surface area contributed by atoms with E-state index in [4.69, 9.17) is 9.47 Å². The lowest BCUT2D eigenvalue weighted by Gasteiger charge is -2.12. The Labute approximate surface area is 170 Å². The van der Waals surface area contributed by atoms with Crippen molar-refractivity contribution in [2.75, 3.05) is 26.9 Å². The first-order valence-electron chi connectivity index (χ1n) is 7.93. The van der Waals surface area contributed by atoms with Gasteiger partial charge < -0.3 is 20.1 Å². The van der Waals surface area contributed by atoms with Crippen molar-refractivity contribution in [3.8, 4) is 5.88 Å². The number of hydrogen-bond donors (Lipinski definition) is 2. The molecule has 0 spiro atoms. The van der Waals surface area contributed by atoms with E-state index in [1.807, 2.05) is 25.1 Å². The minimum absolute atomic E-state index is 0. The summed E-state index contributed by atoms with van der Waals surface area (Å²) in [5.74, 6) is 1.38. The van der Waals surface area contributed by atoms with Gasteiger partial charge in [-0.1, -0.05) is 12.1 Å². The van der Waals surface area contributed by atoms with Gasteiger partial charge in [0.15, 0.2) is 5.96 Å². The Kier molecular flexibility index (Phi) is 11.2. The minimum Gasteiger partial charge on any atom is -0.475 e. The van der Waals surface area contributed by atoms with E-state index in [9.17, 15) is 0 Å². The maximum Gasteiger partial charge on any atom is 0.218 e. The van der Waals surface area contributed by atoms with Crippen molar-refractivity contribution in [3.63, 3.8) is 0 Å². The summed E-state index contributed by atoms with van der Waals surface area (Å²) >= 11 is 1.72. The van der Waals surface area contributed by atoms with Gasteiger partial charge in [-0.2, -0.15) is 0 Å². The lowest BCUT2D eigenvalue weighted by atomic mass is 10.3. The number of halogens is 1. The molecule has 0 fully saturated rings. The number of thiophene rings is 1. The summed E-state index contributed by atoms with van der Waals surface area (Å²) in [6, 6.07) is 8.01. The molecule has 2 heterocycles. The van der Waals surface area contributed by atoms with Crippen molar-refractivity contribution in [2.45, 2.75) is 20.0 Å². The number of nitrogens with zero attached hydrogens (tertiary/aromatic N) is 2. The van der Waals surface area contributed by atoms with Crippen LogP contribution in [0.3, 0.4) is 0 Å². The summed E-state index contributed by atoms with van der Waals surface area (Å²) in [4.78, 5) is 10.2. The van der Waals surface area contributed by atoms with E-state index in [0.29, 0.717) is 25.6 Å². The first-order valence-corrected chi connectivity index (χ1v) is 8.81. The third-order valence-corrected chi connectivity index (χ3v) is 4.01. The number of nitrogens with one attached hydrogen (secondary N) is 2. The largest absolute Gasteiger partial charge is 0.475 e. The Balaban J connectivity index is 0.00000312. The molecule has 2 aromatic rings. The number of hydrogen-bond acceptors (Lipinski definition) is 5. The molecule has 0 aliphatic carbocycles. The van der Waals surface area contributed by atoms with Gasteiger partial charge in [0.25, 0.3) is 0 Å². The van der Waals surface area contributed by atoms with Gasteiger partial charge in [-0.05, 0) is 24.4 Å². The molecule has 0 unspecified atom stereocenters. The van der Waals surface area contributed by atoms with Gasteiger partial charge in [0.1, 0.15) is 6.61 Å². The van der Waals surface area contributed by atoms with Crippen LogP contribution in [-0.4, -0.2) is 37.8 Å². The molecule has 6 nitrogen and oxygen atoms in total. The fourth-order valence-electron chi connectivity index (χ4n) is 1.99. The first-order chi connectivity index (χ1) is 11.8. The van der Waals surface area contributed by atoms with Crippen molar-refractivity contribution in [3.05, 3.63) is 46.3 Å². The predicted octanol–water partition coefficient (Wildman–Crippen LogP) is 3.04. The molecule has 0 saturated carbocycles. The van der Waals surface area contributed by atoms with E-state index in [0.717, 1.165) is 24.6 Å². The minimum atomic E-state index is 0. The van der Waals surface area contributed by atoms with Crippen molar-refractivity contribution >= 4 is 41.3 Å². The van der Waals surface area contributed by atoms with E-state index in [1.54, 1.807) is 24.6 Å². The van der Waals surface area contributed by atoms with Gasteiger partial charge in [-0.3, -0.25) is 0 Å². The van der Waals surface area contributed by atoms with Gasteiger partial charge >= 0.3 is 0 Å². The third kappa shape index (κ3) is 8.02. The molecule has 0 radical (unpaired) electrons. The average Bonchev–Trinajstić information content (AvgIpc) is 3.12. The lowest BCUT2D eigenvalue weighted by Crippen LogP contribution is -2.36. The van der Waals surface area contributed by atoms with Crippen LogP contribution in [0.2, 0.25) is 0 Å². The van der Waals surface area contributed by atoms with Crippen LogP contribution in [0.25, 0.3) is 0 Å². The fourth-order valence-corrected chi connectivity index (χ4v) is 2.63. The Hall–Kier alpha value is -1.39. The highest BCUT2D eigenvalue weighted by Gasteiger charge is 2.05. The van der Waals surface area contributed by atoms with Crippen LogP contribution in [0.5, 0.6) is 5.88 Å². The van der Waals surface area contributed by atoms with Crippen molar-refractivity contribution < 1.29 is 9.47 Å². The van der Waals surface area contributed by atoms with E-state index in [2.05, 4.69) is 32.1 Å². The monoisotopic (exact) mass is 476 g/mol. The zero-order valence-corrected chi connectivity index (χ0v) is 17.7. The average molecular weight is 476 g/mol. The van der Waals surface area contributed by atoms with Crippen LogP contribution >= 0.6 is 35.3 Å². The Morgan fingerprint density at radius 1 is 1.24 bits per heavy atom. The molecule has 0 bridgehead atoms. The molecule has 0 aromatic carbocycles. The molecule has 2 rings (SSSR count). The molecule has 0 aliphatic heterocycles. The normalized spacial score (nSPS) is 10.9. The van der Waals surface area contributed by atoms with Gasteiger partial charge in [0, 0.05) is 30.3 Å². The second-order valence-corrected chi connectivity index (χ2v) is 5.97. The van der Waals surface area contributed by atoms with Crippen LogP contribution in [0, 0.1) is 0 Å². The smallest absolute Gasteiger partial charge is 0.218 e. The van der Waals surface area contributed by atoms with Crippen molar-refractivity contribution in [1.82, 2.24) is 15.6 Å². The second-order valence-electron chi connectivity index (χ2n) is 4.94. The molecule has 2 N–H and O–H groups in total. The van der Waals surface area contributed by atoms with Crippen LogP contribution in [0.1, 0.15) is 17.4 Å². The first kappa shape index (κ1) is 21.7. The summed E-state index contributed by atoms with van der Waals surface area (Å²) in [6.45, 7) is 5.11. The molecular weight excluding hydrogens is 451 g/mol. The second kappa shape index (κ2) is 12.9. The molecule has 0 atom stereocenters. The number of pyridine rings is 1. The zero-order valence-electron chi connectivity index (χ0n) is 14.5. The summed E-state index contributed by atoms with van der Waals surface area (Å²) < 4.78 is 10.6. The van der Waals surface area contributed by atoms with Gasteiger partial charge in [0.2, 0.25) is 5.88 Å². The number of rotatable bonds is 9. The number of ether oxygens (including phenoxy) is 2. The highest BCUT2D eigenvalue weighted by atomic mass is 127.